The molecule has 0 saturated carbocycles. The molecule has 0 saturated heterocycles. The molecule has 1 unspecified atom stereocenters. The van der Waals surface area contributed by atoms with Gasteiger partial charge < -0.3 is 15.5 Å². The number of hydrogen-bond donors (Lipinski definition) is 2. The van der Waals surface area contributed by atoms with Crippen molar-refractivity contribution in [1.29, 1.82) is 0 Å². The number of likely N-dealkylation sites (N-methyl/N-ethyl adjacent to an activating group) is 1. The normalized spacial score (nSPS) is 12.5. The number of aryl methyl sites for hydroxylation is 2. The lowest BCUT2D eigenvalue weighted by atomic mass is 10.1. The van der Waals surface area contributed by atoms with Gasteiger partial charge in [0, 0.05) is 19.0 Å². The molecule has 2 amide bonds. The number of pyridine rings is 1. The summed E-state index contributed by atoms with van der Waals surface area (Å²) >= 11 is 1.66. The van der Waals surface area contributed by atoms with E-state index < -0.39 is 0 Å². The smallest absolute Gasteiger partial charge is 0.319 e. The molecule has 25 heavy (non-hydrogen) atoms. The summed E-state index contributed by atoms with van der Waals surface area (Å²) in [5.41, 5.74) is 3.54. The highest BCUT2D eigenvalue weighted by atomic mass is 32.1. The number of fused-ring (bicyclic) bond motifs is 1. The molecule has 1 atom stereocenters. The lowest BCUT2D eigenvalue weighted by molar-refractivity contribution is 0.243. The van der Waals surface area contributed by atoms with Crippen LogP contribution in [0.4, 0.5) is 10.5 Å². The molecule has 0 aliphatic rings. The maximum Gasteiger partial charge on any atom is 0.319 e. The molecule has 132 valence electrons. The predicted molar refractivity (Wildman–Crippen MR) is 101 cm³/mol. The second kappa shape index (κ2) is 7.20. The second-order valence-electron chi connectivity index (χ2n) is 6.18. The lowest BCUT2D eigenvalue weighted by Crippen LogP contribution is -2.36. The zero-order chi connectivity index (χ0) is 18.0. The van der Waals surface area contributed by atoms with Crippen LogP contribution in [-0.2, 0) is 7.05 Å². The first-order valence-corrected chi connectivity index (χ1v) is 8.92. The van der Waals surface area contributed by atoms with Crippen LogP contribution < -0.4 is 10.6 Å². The van der Waals surface area contributed by atoms with Gasteiger partial charge in [0.15, 0.2) is 5.65 Å². The third kappa shape index (κ3) is 3.80. The van der Waals surface area contributed by atoms with E-state index in [0.29, 0.717) is 12.2 Å². The first kappa shape index (κ1) is 17.4. The Hall–Kier alpha value is -2.45. The van der Waals surface area contributed by atoms with Crippen molar-refractivity contribution in [3.63, 3.8) is 0 Å². The van der Waals surface area contributed by atoms with Gasteiger partial charge in [-0.1, -0.05) is 0 Å². The molecule has 3 heterocycles. The lowest BCUT2D eigenvalue weighted by Gasteiger charge is -2.24. The Bertz CT molecular complexity index is 871. The molecule has 3 aromatic heterocycles. The zero-order valence-electron chi connectivity index (χ0n) is 14.8. The number of carbonyl (C=O) groups is 1. The number of aromatic nitrogens is 3. The van der Waals surface area contributed by atoms with E-state index in [0.717, 1.165) is 16.7 Å². The molecule has 0 aromatic carbocycles. The molecular formula is C17H22N6OS. The first-order valence-electron chi connectivity index (χ1n) is 7.98. The minimum absolute atomic E-state index is 0.137. The fourth-order valence-corrected chi connectivity index (χ4v) is 3.51. The van der Waals surface area contributed by atoms with Crippen molar-refractivity contribution in [1.82, 2.24) is 25.0 Å². The standard InChI is InChI=1S/C17H22N6OS/c1-11-14-7-13(8-18-16(14)23(4)21-11)20-17(24)19-9-15(22(2)3)12-5-6-25-10-12/h5-8,10,15H,9H2,1-4H3,(H2,19,20,24). The van der Waals surface area contributed by atoms with Crippen molar-refractivity contribution >= 4 is 34.1 Å². The van der Waals surface area contributed by atoms with Crippen LogP contribution in [0.5, 0.6) is 0 Å². The third-order valence-electron chi connectivity index (χ3n) is 4.13. The number of amides is 2. The summed E-state index contributed by atoms with van der Waals surface area (Å²) in [6, 6.07) is 3.87. The summed E-state index contributed by atoms with van der Waals surface area (Å²) in [6.45, 7) is 2.45. The summed E-state index contributed by atoms with van der Waals surface area (Å²) in [5, 5.41) is 15.2. The Morgan fingerprint density at radius 1 is 1.44 bits per heavy atom. The summed E-state index contributed by atoms with van der Waals surface area (Å²) in [7, 11) is 5.86. The Morgan fingerprint density at radius 3 is 2.92 bits per heavy atom. The van der Waals surface area contributed by atoms with E-state index in [1.807, 2.05) is 39.5 Å². The molecule has 2 N–H and O–H groups in total. The third-order valence-corrected chi connectivity index (χ3v) is 4.83. The van der Waals surface area contributed by atoms with Crippen LogP contribution in [0, 0.1) is 6.92 Å². The van der Waals surface area contributed by atoms with Crippen molar-refractivity contribution in [2.24, 2.45) is 7.05 Å². The summed E-state index contributed by atoms with van der Waals surface area (Å²) in [6.07, 6.45) is 1.64. The maximum absolute atomic E-state index is 12.2. The Balaban J connectivity index is 1.65. The summed E-state index contributed by atoms with van der Waals surface area (Å²) in [4.78, 5) is 18.7. The van der Waals surface area contributed by atoms with Crippen LogP contribution in [0.15, 0.2) is 29.1 Å². The van der Waals surface area contributed by atoms with Gasteiger partial charge in [-0.3, -0.25) is 4.68 Å². The highest BCUT2D eigenvalue weighted by Gasteiger charge is 2.16. The van der Waals surface area contributed by atoms with Gasteiger partial charge in [-0.2, -0.15) is 16.4 Å². The van der Waals surface area contributed by atoms with Gasteiger partial charge in [-0.05, 0) is 49.5 Å². The number of carbonyl (C=O) groups excluding carboxylic acids is 1. The Labute approximate surface area is 150 Å². The van der Waals surface area contributed by atoms with Gasteiger partial charge in [0.2, 0.25) is 0 Å². The predicted octanol–water partition coefficient (Wildman–Crippen LogP) is 2.76. The molecule has 3 rings (SSSR count). The number of nitrogens with zero attached hydrogens (tertiary/aromatic N) is 4. The van der Waals surface area contributed by atoms with E-state index in [1.165, 1.54) is 5.56 Å². The van der Waals surface area contributed by atoms with Crippen LogP contribution in [0.2, 0.25) is 0 Å². The Morgan fingerprint density at radius 2 is 2.24 bits per heavy atom. The molecule has 7 nitrogen and oxygen atoms in total. The van der Waals surface area contributed by atoms with Gasteiger partial charge in [-0.15, -0.1) is 0 Å². The van der Waals surface area contributed by atoms with Crippen LogP contribution in [0.1, 0.15) is 17.3 Å². The van der Waals surface area contributed by atoms with Gasteiger partial charge in [0.1, 0.15) is 0 Å². The largest absolute Gasteiger partial charge is 0.336 e. The number of nitrogens with one attached hydrogen (secondary N) is 2. The highest BCUT2D eigenvalue weighted by Crippen LogP contribution is 2.21. The Kier molecular flexibility index (Phi) is 5.00. The van der Waals surface area contributed by atoms with E-state index in [1.54, 1.807) is 22.2 Å². The average Bonchev–Trinajstić information content (AvgIpc) is 3.17. The molecule has 0 spiro atoms. The van der Waals surface area contributed by atoms with E-state index in [2.05, 4.69) is 37.1 Å². The van der Waals surface area contributed by atoms with Crippen molar-refractivity contribution in [3.05, 3.63) is 40.3 Å². The summed E-state index contributed by atoms with van der Waals surface area (Å²) in [5.74, 6) is 0. The minimum atomic E-state index is -0.246. The van der Waals surface area contributed by atoms with Crippen molar-refractivity contribution in [2.45, 2.75) is 13.0 Å². The number of anilines is 1. The van der Waals surface area contributed by atoms with Crippen molar-refractivity contribution in [3.8, 4) is 0 Å². The molecule has 0 fully saturated rings. The van der Waals surface area contributed by atoms with Crippen LogP contribution >= 0.6 is 11.3 Å². The number of thiophene rings is 1. The fourth-order valence-electron chi connectivity index (χ4n) is 2.80. The number of hydrogen-bond acceptors (Lipinski definition) is 5. The van der Waals surface area contributed by atoms with Crippen molar-refractivity contribution in [2.75, 3.05) is 26.0 Å². The second-order valence-corrected chi connectivity index (χ2v) is 6.96. The average molecular weight is 358 g/mol. The fraction of sp³-hybridized carbons (Fsp3) is 0.353. The first-order chi connectivity index (χ1) is 12.0. The van der Waals surface area contributed by atoms with E-state index in [9.17, 15) is 4.79 Å². The molecule has 3 aromatic rings. The van der Waals surface area contributed by atoms with E-state index in [4.69, 9.17) is 0 Å². The molecule has 0 aliphatic heterocycles. The topological polar surface area (TPSA) is 75.1 Å². The van der Waals surface area contributed by atoms with E-state index in [-0.39, 0.29) is 12.1 Å². The van der Waals surface area contributed by atoms with Crippen molar-refractivity contribution < 1.29 is 4.79 Å². The van der Waals surface area contributed by atoms with Crippen LogP contribution in [0.3, 0.4) is 0 Å². The minimum Gasteiger partial charge on any atom is -0.336 e. The molecular weight excluding hydrogens is 336 g/mol. The number of rotatable bonds is 5. The van der Waals surface area contributed by atoms with Gasteiger partial charge in [0.05, 0.1) is 23.6 Å². The monoisotopic (exact) mass is 358 g/mol. The van der Waals surface area contributed by atoms with Crippen LogP contribution in [0.25, 0.3) is 11.0 Å². The number of urea groups is 1. The SMILES string of the molecule is Cc1nn(C)c2ncc(NC(=O)NCC(c3ccsc3)N(C)C)cc12. The zero-order valence-corrected chi connectivity index (χ0v) is 15.6. The van der Waals surface area contributed by atoms with Gasteiger partial charge in [0.25, 0.3) is 0 Å². The maximum atomic E-state index is 12.2. The molecule has 0 aliphatic carbocycles. The van der Waals surface area contributed by atoms with Gasteiger partial charge in [-0.25, -0.2) is 9.78 Å². The highest BCUT2D eigenvalue weighted by molar-refractivity contribution is 7.07. The molecule has 8 heteroatoms. The quantitative estimate of drug-likeness (QED) is 0.735. The van der Waals surface area contributed by atoms with Crippen LogP contribution in [-0.4, -0.2) is 46.3 Å². The molecule has 0 radical (unpaired) electrons. The summed E-state index contributed by atoms with van der Waals surface area (Å²) < 4.78 is 1.73. The molecule has 0 bridgehead atoms. The van der Waals surface area contributed by atoms with Gasteiger partial charge >= 0.3 is 6.03 Å². The van der Waals surface area contributed by atoms with E-state index >= 15 is 0 Å².